The van der Waals surface area contributed by atoms with Crippen LogP contribution in [0.15, 0.2) is 24.3 Å². The summed E-state index contributed by atoms with van der Waals surface area (Å²) in [7, 11) is 0. The molecule has 1 saturated heterocycles. The summed E-state index contributed by atoms with van der Waals surface area (Å²) < 4.78 is 5.46. The van der Waals surface area contributed by atoms with Crippen LogP contribution in [0.5, 0.6) is 5.75 Å². The van der Waals surface area contributed by atoms with Crippen LogP contribution in [-0.2, 0) is 4.79 Å². The van der Waals surface area contributed by atoms with Crippen molar-refractivity contribution in [2.45, 2.75) is 18.9 Å². The zero-order valence-corrected chi connectivity index (χ0v) is 12.1. The standard InChI is InChI=1S/C13H17ClN2O2.ClH/c14-11-3-1-2-4-12(11)18-8-6-13(17)16-10-5-7-15-9-10;/h1-4,10,15H,5-9H2,(H,16,17);1H. The largest absolute Gasteiger partial charge is 0.491 e. The highest BCUT2D eigenvalue weighted by molar-refractivity contribution is 6.32. The van der Waals surface area contributed by atoms with Gasteiger partial charge in [0.25, 0.3) is 0 Å². The maximum absolute atomic E-state index is 11.6. The van der Waals surface area contributed by atoms with Crippen LogP contribution in [0.1, 0.15) is 12.8 Å². The Kier molecular flexibility index (Phi) is 6.99. The third-order valence-electron chi connectivity index (χ3n) is 2.85. The monoisotopic (exact) mass is 304 g/mol. The van der Waals surface area contributed by atoms with Gasteiger partial charge in [-0.2, -0.15) is 0 Å². The van der Waals surface area contributed by atoms with E-state index < -0.39 is 0 Å². The third kappa shape index (κ3) is 5.27. The molecule has 6 heteroatoms. The van der Waals surface area contributed by atoms with E-state index in [4.69, 9.17) is 16.3 Å². The molecule has 2 N–H and O–H groups in total. The van der Waals surface area contributed by atoms with E-state index >= 15 is 0 Å². The van der Waals surface area contributed by atoms with Gasteiger partial charge in [-0.3, -0.25) is 4.79 Å². The van der Waals surface area contributed by atoms with Crippen molar-refractivity contribution in [3.63, 3.8) is 0 Å². The van der Waals surface area contributed by atoms with Crippen LogP contribution in [0.3, 0.4) is 0 Å². The highest BCUT2D eigenvalue weighted by Crippen LogP contribution is 2.22. The number of carbonyl (C=O) groups is 1. The molecule has 4 nitrogen and oxygen atoms in total. The Labute approximate surface area is 124 Å². The van der Waals surface area contributed by atoms with E-state index in [1.54, 1.807) is 12.1 Å². The van der Waals surface area contributed by atoms with E-state index in [2.05, 4.69) is 10.6 Å². The minimum absolute atomic E-state index is 0. The number of amides is 1. The molecule has 0 bridgehead atoms. The fourth-order valence-electron chi connectivity index (χ4n) is 1.89. The predicted molar refractivity (Wildman–Crippen MR) is 78.2 cm³/mol. The maximum atomic E-state index is 11.6. The first-order valence-electron chi connectivity index (χ1n) is 6.13. The van der Waals surface area contributed by atoms with Crippen molar-refractivity contribution in [1.29, 1.82) is 0 Å². The highest BCUT2D eigenvalue weighted by atomic mass is 35.5. The Morgan fingerprint density at radius 2 is 2.26 bits per heavy atom. The number of benzene rings is 1. The van der Waals surface area contributed by atoms with Gasteiger partial charge < -0.3 is 15.4 Å². The molecule has 1 atom stereocenters. The van der Waals surface area contributed by atoms with Gasteiger partial charge in [0.15, 0.2) is 0 Å². The zero-order valence-electron chi connectivity index (χ0n) is 10.5. The second-order valence-electron chi connectivity index (χ2n) is 4.29. The van der Waals surface area contributed by atoms with Crippen molar-refractivity contribution in [2.24, 2.45) is 0 Å². The van der Waals surface area contributed by atoms with Crippen LogP contribution in [0, 0.1) is 0 Å². The molecule has 0 aliphatic carbocycles. The summed E-state index contributed by atoms with van der Waals surface area (Å²) in [4.78, 5) is 11.6. The maximum Gasteiger partial charge on any atom is 0.223 e. The molecule has 106 valence electrons. The van der Waals surface area contributed by atoms with Gasteiger partial charge in [0, 0.05) is 12.6 Å². The van der Waals surface area contributed by atoms with Gasteiger partial charge in [0.2, 0.25) is 5.91 Å². The minimum Gasteiger partial charge on any atom is -0.491 e. The van der Waals surface area contributed by atoms with Crippen molar-refractivity contribution in [1.82, 2.24) is 10.6 Å². The molecule has 0 saturated carbocycles. The van der Waals surface area contributed by atoms with Gasteiger partial charge >= 0.3 is 0 Å². The van der Waals surface area contributed by atoms with Crippen molar-refractivity contribution in [3.8, 4) is 5.75 Å². The summed E-state index contributed by atoms with van der Waals surface area (Å²) >= 11 is 5.94. The lowest BCUT2D eigenvalue weighted by Gasteiger charge is -2.12. The number of carbonyl (C=O) groups excluding carboxylic acids is 1. The fraction of sp³-hybridized carbons (Fsp3) is 0.462. The summed E-state index contributed by atoms with van der Waals surface area (Å²) in [6, 6.07) is 7.51. The van der Waals surface area contributed by atoms with Crippen LogP contribution >= 0.6 is 24.0 Å². The molecule has 19 heavy (non-hydrogen) atoms. The molecule has 1 aliphatic heterocycles. The molecule has 0 spiro atoms. The molecule has 0 aromatic heterocycles. The van der Waals surface area contributed by atoms with E-state index in [0.717, 1.165) is 19.5 Å². The first-order chi connectivity index (χ1) is 8.75. The smallest absolute Gasteiger partial charge is 0.223 e. The Hall–Kier alpha value is -0.970. The van der Waals surface area contributed by atoms with Gasteiger partial charge in [0.1, 0.15) is 5.75 Å². The number of halogens is 2. The molecular formula is C13H18Cl2N2O2. The Bertz CT molecular complexity index is 409. The van der Waals surface area contributed by atoms with Crippen LogP contribution in [0.4, 0.5) is 0 Å². The quantitative estimate of drug-likeness (QED) is 0.875. The first-order valence-corrected chi connectivity index (χ1v) is 6.51. The molecule has 1 aromatic rings. The van der Waals surface area contributed by atoms with E-state index in [1.807, 2.05) is 12.1 Å². The number of para-hydroxylation sites is 1. The summed E-state index contributed by atoms with van der Waals surface area (Å²) in [5, 5.41) is 6.74. The Balaban J connectivity index is 0.00000180. The molecule has 1 amide bonds. The second-order valence-corrected chi connectivity index (χ2v) is 4.69. The predicted octanol–water partition coefficient (Wildman–Crippen LogP) is 2.01. The molecule has 1 heterocycles. The van der Waals surface area contributed by atoms with Crippen molar-refractivity contribution in [3.05, 3.63) is 29.3 Å². The van der Waals surface area contributed by atoms with Gasteiger partial charge in [0.05, 0.1) is 18.1 Å². The summed E-state index contributed by atoms with van der Waals surface area (Å²) in [5.74, 6) is 0.644. The van der Waals surface area contributed by atoms with Crippen LogP contribution in [0.25, 0.3) is 0 Å². The number of nitrogens with one attached hydrogen (secondary N) is 2. The van der Waals surface area contributed by atoms with Crippen LogP contribution in [0.2, 0.25) is 5.02 Å². The Morgan fingerprint density at radius 3 is 2.95 bits per heavy atom. The van der Waals surface area contributed by atoms with E-state index in [0.29, 0.717) is 23.8 Å². The number of hydrogen-bond acceptors (Lipinski definition) is 3. The van der Waals surface area contributed by atoms with Gasteiger partial charge in [-0.25, -0.2) is 0 Å². The van der Waals surface area contributed by atoms with Crippen molar-refractivity contribution < 1.29 is 9.53 Å². The lowest BCUT2D eigenvalue weighted by molar-refractivity contribution is -0.122. The molecule has 1 unspecified atom stereocenters. The molecule has 0 radical (unpaired) electrons. The SMILES string of the molecule is Cl.O=C(CCOc1ccccc1Cl)NC1CCNC1. The van der Waals surface area contributed by atoms with Crippen molar-refractivity contribution in [2.75, 3.05) is 19.7 Å². The zero-order chi connectivity index (χ0) is 12.8. The van der Waals surface area contributed by atoms with E-state index in [1.165, 1.54) is 0 Å². The number of rotatable bonds is 5. The fourth-order valence-corrected chi connectivity index (χ4v) is 2.08. The van der Waals surface area contributed by atoms with Gasteiger partial charge in [-0.05, 0) is 25.1 Å². The molecule has 1 aliphatic rings. The molecule has 1 fully saturated rings. The lowest BCUT2D eigenvalue weighted by atomic mass is 10.2. The van der Waals surface area contributed by atoms with E-state index in [9.17, 15) is 4.79 Å². The third-order valence-corrected chi connectivity index (χ3v) is 3.16. The average molecular weight is 305 g/mol. The summed E-state index contributed by atoms with van der Waals surface area (Å²) in [6.45, 7) is 2.17. The lowest BCUT2D eigenvalue weighted by Crippen LogP contribution is -2.36. The highest BCUT2D eigenvalue weighted by Gasteiger charge is 2.16. The van der Waals surface area contributed by atoms with Crippen LogP contribution < -0.4 is 15.4 Å². The molecule has 1 aromatic carbocycles. The molecule has 2 rings (SSSR count). The van der Waals surface area contributed by atoms with E-state index in [-0.39, 0.29) is 24.4 Å². The topological polar surface area (TPSA) is 50.4 Å². The van der Waals surface area contributed by atoms with Gasteiger partial charge in [-0.1, -0.05) is 23.7 Å². The second kappa shape index (κ2) is 8.25. The number of ether oxygens (including phenoxy) is 1. The molecular weight excluding hydrogens is 287 g/mol. The first kappa shape index (κ1) is 16.1. The number of hydrogen-bond donors (Lipinski definition) is 2. The summed E-state index contributed by atoms with van der Waals surface area (Å²) in [5.41, 5.74) is 0. The normalized spacial score (nSPS) is 17.6. The average Bonchev–Trinajstić information content (AvgIpc) is 2.84. The van der Waals surface area contributed by atoms with Crippen molar-refractivity contribution >= 4 is 29.9 Å². The van der Waals surface area contributed by atoms with Gasteiger partial charge in [-0.15, -0.1) is 12.4 Å². The summed E-state index contributed by atoms with van der Waals surface area (Å²) in [6.07, 6.45) is 1.35. The Morgan fingerprint density at radius 1 is 1.47 bits per heavy atom. The van der Waals surface area contributed by atoms with Crippen LogP contribution in [-0.4, -0.2) is 31.6 Å². The minimum atomic E-state index is 0.